The lowest BCUT2D eigenvalue weighted by Gasteiger charge is -2.33. The Kier molecular flexibility index (Phi) is 12.8. The summed E-state index contributed by atoms with van der Waals surface area (Å²) >= 11 is 0. The Morgan fingerprint density at radius 1 is 1.14 bits per heavy atom. The molecule has 5 unspecified atom stereocenters. The van der Waals surface area contributed by atoms with E-state index in [1.807, 2.05) is 0 Å². The van der Waals surface area contributed by atoms with Gasteiger partial charge in [0.15, 0.2) is 6.61 Å². The minimum absolute atomic E-state index is 0.0191. The molecular formula is C34H41F3N2O11. The van der Waals surface area contributed by atoms with E-state index in [0.717, 1.165) is 6.08 Å². The van der Waals surface area contributed by atoms with E-state index in [4.69, 9.17) is 18.9 Å². The van der Waals surface area contributed by atoms with Gasteiger partial charge in [0.05, 0.1) is 18.2 Å². The first-order valence-electron chi connectivity index (χ1n) is 16.1. The zero-order valence-corrected chi connectivity index (χ0v) is 27.9. The lowest BCUT2D eigenvalue weighted by atomic mass is 9.91. The van der Waals surface area contributed by atoms with Crippen LogP contribution in [0.5, 0.6) is 0 Å². The first-order chi connectivity index (χ1) is 23.5. The predicted molar refractivity (Wildman–Crippen MR) is 168 cm³/mol. The maximum atomic E-state index is 13.8. The van der Waals surface area contributed by atoms with Crippen molar-refractivity contribution in [3.8, 4) is 0 Å². The lowest BCUT2D eigenvalue weighted by Crippen LogP contribution is -2.51. The summed E-state index contributed by atoms with van der Waals surface area (Å²) in [5.41, 5.74) is -0.0379. The average molecular weight is 711 g/mol. The molecule has 274 valence electrons. The smallest absolute Gasteiger partial charge is 0.422 e. The zero-order chi connectivity index (χ0) is 36.6. The Balaban J connectivity index is 1.38. The molecule has 2 heterocycles. The second kappa shape index (κ2) is 16.6. The first kappa shape index (κ1) is 38.5. The molecule has 0 aromatic heterocycles. The maximum Gasteiger partial charge on any atom is 0.422 e. The number of esters is 3. The Hall–Kier alpha value is -4.28. The quantitative estimate of drug-likeness (QED) is 0.186. The van der Waals surface area contributed by atoms with Crippen LogP contribution in [0.2, 0.25) is 0 Å². The molecule has 13 nitrogen and oxygen atoms in total. The molecule has 4 rings (SSSR count). The van der Waals surface area contributed by atoms with Crippen LogP contribution < -0.4 is 5.32 Å². The summed E-state index contributed by atoms with van der Waals surface area (Å²) in [6.45, 7) is 3.24. The lowest BCUT2D eigenvalue weighted by molar-refractivity contribution is -0.182. The van der Waals surface area contributed by atoms with Gasteiger partial charge in [0, 0.05) is 31.0 Å². The predicted octanol–water partition coefficient (Wildman–Crippen LogP) is 2.99. The van der Waals surface area contributed by atoms with Crippen LogP contribution >= 0.6 is 0 Å². The number of aliphatic hydroxyl groups excluding tert-OH is 1. The highest BCUT2D eigenvalue weighted by atomic mass is 19.4. The van der Waals surface area contributed by atoms with Gasteiger partial charge in [-0.2, -0.15) is 13.2 Å². The second-order valence-electron chi connectivity index (χ2n) is 13.1. The molecule has 3 aliphatic rings. The molecule has 2 fully saturated rings. The van der Waals surface area contributed by atoms with E-state index in [1.54, 1.807) is 26.8 Å². The van der Waals surface area contributed by atoms with E-state index in [0.29, 0.717) is 18.4 Å². The van der Waals surface area contributed by atoms with Crippen LogP contribution in [-0.2, 0) is 42.9 Å². The number of nitrogens with one attached hydrogen (secondary N) is 1. The van der Waals surface area contributed by atoms with Crippen molar-refractivity contribution in [2.45, 2.75) is 95.0 Å². The van der Waals surface area contributed by atoms with Crippen LogP contribution in [0, 0.1) is 0 Å². The number of hydrogen-bond acceptors (Lipinski definition) is 11. The molecule has 1 aromatic carbocycles. The Morgan fingerprint density at radius 2 is 1.90 bits per heavy atom. The van der Waals surface area contributed by atoms with E-state index < -0.39 is 85.1 Å². The third-order valence-electron chi connectivity index (χ3n) is 7.94. The number of likely N-dealkylation sites (tertiary alicyclic amines) is 1. The number of ether oxygens (including phenoxy) is 5. The highest BCUT2D eigenvalue weighted by molar-refractivity contribution is 5.98. The van der Waals surface area contributed by atoms with Crippen LogP contribution in [-0.4, -0.2) is 108 Å². The van der Waals surface area contributed by atoms with E-state index in [9.17, 15) is 42.3 Å². The summed E-state index contributed by atoms with van der Waals surface area (Å²) in [5, 5.41) is 12.6. The summed E-state index contributed by atoms with van der Waals surface area (Å²) in [7, 11) is 0. The van der Waals surface area contributed by atoms with Crippen molar-refractivity contribution in [3.05, 3.63) is 53.1 Å². The minimum Gasteiger partial charge on any atom is -0.460 e. The number of carbonyl (C=O) groups is 5. The molecule has 50 heavy (non-hydrogen) atoms. The summed E-state index contributed by atoms with van der Waals surface area (Å²) in [4.78, 5) is 65.5. The number of alkyl halides is 3. The molecular weight excluding hydrogens is 669 g/mol. The molecule has 1 aromatic rings. The van der Waals surface area contributed by atoms with Crippen LogP contribution in [0.3, 0.4) is 0 Å². The molecule has 0 bridgehead atoms. The van der Waals surface area contributed by atoms with Gasteiger partial charge in [-0.1, -0.05) is 12.1 Å². The van der Waals surface area contributed by atoms with E-state index in [-0.39, 0.29) is 43.7 Å². The van der Waals surface area contributed by atoms with Gasteiger partial charge in [-0.25, -0.2) is 9.59 Å². The maximum absolute atomic E-state index is 13.8. The molecule has 0 spiro atoms. The number of carbonyl (C=O) groups excluding carboxylic acids is 5. The van der Waals surface area contributed by atoms with Crippen LogP contribution in [0.1, 0.15) is 68.8 Å². The summed E-state index contributed by atoms with van der Waals surface area (Å²) in [6, 6.07) is 4.25. The van der Waals surface area contributed by atoms with Crippen LogP contribution in [0.25, 0.3) is 6.08 Å². The van der Waals surface area contributed by atoms with Crippen molar-refractivity contribution in [2.24, 2.45) is 0 Å². The number of hydrogen-bond donors (Lipinski definition) is 2. The second-order valence-corrected chi connectivity index (χ2v) is 13.1. The fraction of sp³-hybridized carbons (Fsp3) is 0.559. The number of amides is 2. The number of aliphatic hydroxyl groups is 1. The van der Waals surface area contributed by atoms with Crippen molar-refractivity contribution in [3.63, 3.8) is 0 Å². The van der Waals surface area contributed by atoms with E-state index in [1.165, 1.54) is 35.2 Å². The van der Waals surface area contributed by atoms with Crippen LogP contribution in [0.4, 0.5) is 13.2 Å². The Morgan fingerprint density at radius 3 is 2.60 bits per heavy atom. The Bertz CT molecular complexity index is 1490. The van der Waals surface area contributed by atoms with Crippen molar-refractivity contribution in [1.82, 2.24) is 10.2 Å². The van der Waals surface area contributed by atoms with Gasteiger partial charge in [0.25, 0.3) is 0 Å². The van der Waals surface area contributed by atoms with E-state index in [2.05, 4.69) is 10.1 Å². The molecule has 16 heteroatoms. The third kappa shape index (κ3) is 11.1. The first-order valence-corrected chi connectivity index (χ1v) is 16.1. The molecule has 0 radical (unpaired) electrons. The number of rotatable bonds is 12. The minimum atomic E-state index is -4.67. The molecule has 2 aliphatic heterocycles. The number of halogens is 3. The van der Waals surface area contributed by atoms with Gasteiger partial charge < -0.3 is 39.0 Å². The number of nitrogens with zero attached hydrogens (tertiary/aromatic N) is 1. The summed E-state index contributed by atoms with van der Waals surface area (Å²) < 4.78 is 63.3. The average Bonchev–Trinajstić information content (AvgIpc) is 3.74. The van der Waals surface area contributed by atoms with Crippen molar-refractivity contribution in [2.75, 3.05) is 26.6 Å². The van der Waals surface area contributed by atoms with Gasteiger partial charge in [-0.15, -0.1) is 0 Å². The Labute approximate surface area is 286 Å². The summed E-state index contributed by atoms with van der Waals surface area (Å²) in [5.74, 6) is -3.38. The van der Waals surface area contributed by atoms with Crippen molar-refractivity contribution in [1.29, 1.82) is 0 Å². The SMILES string of the molecule is CC(C)(C)OC(=O)CCC(CO)NC(=O)C1CCCN1C(=O)C1=CC2OCOC2C(OC(=O)c2cccc(C=CC(=O)OCC(F)(F)F)c2)C1. The zero-order valence-electron chi connectivity index (χ0n) is 27.9. The fourth-order valence-corrected chi connectivity index (χ4v) is 5.71. The topological polar surface area (TPSA) is 167 Å². The fourth-order valence-electron chi connectivity index (χ4n) is 5.71. The van der Waals surface area contributed by atoms with Crippen molar-refractivity contribution < 1.29 is 65.9 Å². The number of benzene rings is 1. The van der Waals surface area contributed by atoms with Gasteiger partial charge in [0.1, 0.15) is 36.7 Å². The largest absolute Gasteiger partial charge is 0.460 e. The monoisotopic (exact) mass is 710 g/mol. The molecule has 0 saturated carbocycles. The normalized spacial score (nSPS) is 22.8. The molecule has 2 N–H and O–H groups in total. The van der Waals surface area contributed by atoms with Gasteiger partial charge in [-0.3, -0.25) is 14.4 Å². The molecule has 5 atom stereocenters. The number of fused-ring (bicyclic) bond motifs is 1. The van der Waals surface area contributed by atoms with Crippen molar-refractivity contribution >= 4 is 35.8 Å². The van der Waals surface area contributed by atoms with Gasteiger partial charge in [-0.05, 0) is 69.9 Å². The molecule has 1 aliphatic carbocycles. The standard InChI is InChI=1S/C34H41F3N2O11/c1-33(2,3)50-28(42)12-10-23(17-40)38-30(43)24-8-5-13-39(24)31(44)22-15-25-29(48-19-47-25)26(16-22)49-32(45)21-7-4-6-20(14-21)9-11-27(41)46-18-34(35,36)37/h4,6-7,9,11,14-15,23-26,29,40H,5,8,10,12-13,16-19H2,1-3H3,(H,38,43). The summed E-state index contributed by atoms with van der Waals surface area (Å²) in [6.07, 6.45) is -2.44. The van der Waals surface area contributed by atoms with E-state index >= 15 is 0 Å². The third-order valence-corrected chi connectivity index (χ3v) is 7.94. The van der Waals surface area contributed by atoms with Gasteiger partial charge >= 0.3 is 24.1 Å². The van der Waals surface area contributed by atoms with Crippen LogP contribution in [0.15, 0.2) is 42.0 Å². The molecule has 2 amide bonds. The highest BCUT2D eigenvalue weighted by Gasteiger charge is 2.45. The highest BCUT2D eigenvalue weighted by Crippen LogP contribution is 2.33. The van der Waals surface area contributed by atoms with Gasteiger partial charge in [0.2, 0.25) is 11.8 Å². The molecule has 2 saturated heterocycles.